The molecule has 0 N–H and O–H groups in total. The molecule has 2 aliphatic rings. The van der Waals surface area contributed by atoms with E-state index in [4.69, 9.17) is 6.57 Å². The first kappa shape index (κ1) is 38.7. The van der Waals surface area contributed by atoms with Gasteiger partial charge < -0.3 is 9.80 Å². The zero-order valence-corrected chi connectivity index (χ0v) is 36.3. The van der Waals surface area contributed by atoms with Gasteiger partial charge in [0.1, 0.15) is 0 Å². The molecule has 0 aliphatic heterocycles. The van der Waals surface area contributed by atoms with Crippen molar-refractivity contribution in [1.82, 2.24) is 0 Å². The van der Waals surface area contributed by atoms with Crippen molar-refractivity contribution < 1.29 is 0 Å². The molecule has 0 saturated carbocycles. The van der Waals surface area contributed by atoms with Gasteiger partial charge in [0.15, 0.2) is 5.69 Å². The zero-order valence-electron chi connectivity index (χ0n) is 36.3. The molecule has 2 aliphatic carbocycles. The van der Waals surface area contributed by atoms with Crippen molar-refractivity contribution in [2.75, 3.05) is 9.80 Å². The maximum absolute atomic E-state index is 9.72. The first-order chi connectivity index (χ1) is 31.1. The van der Waals surface area contributed by atoms with Crippen LogP contribution in [0.4, 0.5) is 39.8 Å². The molecule has 9 aromatic rings. The smallest absolute Gasteiger partial charge is 0.187 e. The van der Waals surface area contributed by atoms with Gasteiger partial charge in [0, 0.05) is 44.7 Å². The van der Waals surface area contributed by atoms with Gasteiger partial charge in [0.2, 0.25) is 0 Å². The molecular formula is C60H44N4. The molecule has 4 heteroatoms. The zero-order chi connectivity index (χ0) is 43.7. The van der Waals surface area contributed by atoms with E-state index < -0.39 is 0 Å². The maximum atomic E-state index is 9.72. The molecule has 0 atom stereocenters. The number of hydrogen-bond donors (Lipinski definition) is 0. The fraction of sp³-hybridized carbons (Fsp3) is 0.100. The summed E-state index contributed by atoms with van der Waals surface area (Å²) >= 11 is 0. The highest BCUT2D eigenvalue weighted by molar-refractivity contribution is 6.06. The van der Waals surface area contributed by atoms with Gasteiger partial charge in [0.25, 0.3) is 0 Å². The van der Waals surface area contributed by atoms with Crippen LogP contribution in [0.25, 0.3) is 49.0 Å². The van der Waals surface area contributed by atoms with Crippen molar-refractivity contribution >= 4 is 50.6 Å². The highest BCUT2D eigenvalue weighted by atomic mass is 15.1. The van der Waals surface area contributed by atoms with Crippen LogP contribution in [-0.4, -0.2) is 0 Å². The van der Waals surface area contributed by atoms with Gasteiger partial charge in [-0.3, -0.25) is 0 Å². The highest BCUT2D eigenvalue weighted by Gasteiger charge is 2.37. The van der Waals surface area contributed by atoms with Gasteiger partial charge in [0.05, 0.1) is 23.9 Å². The number of nitriles is 1. The van der Waals surface area contributed by atoms with Gasteiger partial charge in [-0.1, -0.05) is 143 Å². The molecule has 0 unspecified atom stereocenters. The molecule has 0 spiro atoms. The van der Waals surface area contributed by atoms with E-state index in [0.717, 1.165) is 56.0 Å². The molecule has 0 heterocycles. The fourth-order valence-corrected chi connectivity index (χ4v) is 10.4. The van der Waals surface area contributed by atoms with Gasteiger partial charge in [-0.15, -0.1) is 0 Å². The molecule has 0 fully saturated rings. The van der Waals surface area contributed by atoms with Crippen LogP contribution >= 0.6 is 0 Å². The summed E-state index contributed by atoms with van der Waals surface area (Å²) in [4.78, 5) is 8.31. The first-order valence-electron chi connectivity index (χ1n) is 21.8. The van der Waals surface area contributed by atoms with Gasteiger partial charge >= 0.3 is 0 Å². The van der Waals surface area contributed by atoms with Crippen LogP contribution in [0.3, 0.4) is 0 Å². The first-order valence-corrected chi connectivity index (χ1v) is 21.8. The minimum atomic E-state index is -0.157. The van der Waals surface area contributed by atoms with Crippen molar-refractivity contribution in [3.63, 3.8) is 0 Å². The topological polar surface area (TPSA) is 34.6 Å². The summed E-state index contributed by atoms with van der Waals surface area (Å²) in [7, 11) is 0. The van der Waals surface area contributed by atoms with E-state index in [1.54, 1.807) is 0 Å². The second-order valence-corrected chi connectivity index (χ2v) is 18.0. The monoisotopic (exact) mass is 820 g/mol. The Morgan fingerprint density at radius 3 is 1.42 bits per heavy atom. The second kappa shape index (κ2) is 14.7. The Morgan fingerprint density at radius 1 is 0.422 bits per heavy atom. The van der Waals surface area contributed by atoms with Gasteiger partial charge in [-0.25, -0.2) is 4.85 Å². The van der Waals surface area contributed by atoms with E-state index in [9.17, 15) is 5.26 Å². The highest BCUT2D eigenvalue weighted by Crippen LogP contribution is 2.53. The lowest BCUT2D eigenvalue weighted by Gasteiger charge is -2.29. The van der Waals surface area contributed by atoms with Crippen LogP contribution in [0.2, 0.25) is 0 Å². The molecule has 0 radical (unpaired) electrons. The molecule has 11 rings (SSSR count). The maximum Gasteiger partial charge on any atom is 0.187 e. The van der Waals surface area contributed by atoms with E-state index >= 15 is 0 Å². The Hall–Kier alpha value is -8.18. The van der Waals surface area contributed by atoms with Crippen molar-refractivity contribution in [1.29, 1.82) is 5.26 Å². The van der Waals surface area contributed by atoms with Crippen LogP contribution in [0.1, 0.15) is 55.5 Å². The van der Waals surface area contributed by atoms with E-state index in [2.05, 4.69) is 206 Å². The summed E-state index contributed by atoms with van der Waals surface area (Å²) in [5.74, 6) is 0. The van der Waals surface area contributed by atoms with E-state index in [1.807, 2.05) is 36.4 Å². The number of fused-ring (bicyclic) bond motifs is 7. The van der Waals surface area contributed by atoms with E-state index in [-0.39, 0.29) is 10.8 Å². The minimum Gasteiger partial charge on any atom is -0.311 e. The largest absolute Gasteiger partial charge is 0.311 e. The Kier molecular flexibility index (Phi) is 8.91. The van der Waals surface area contributed by atoms with Gasteiger partial charge in [-0.05, 0) is 140 Å². The number of hydrogen-bond acceptors (Lipinski definition) is 3. The molecule has 0 aromatic heterocycles. The summed E-state index contributed by atoms with van der Waals surface area (Å²) in [6.45, 7) is 16.9. The van der Waals surface area contributed by atoms with Crippen molar-refractivity contribution in [3.05, 3.63) is 233 Å². The molecule has 0 bridgehead atoms. The lowest BCUT2D eigenvalue weighted by molar-refractivity contribution is 0.660. The minimum absolute atomic E-state index is 0.142. The average Bonchev–Trinajstić information content (AvgIpc) is 3.71. The quantitative estimate of drug-likeness (QED) is 0.150. The Morgan fingerprint density at radius 2 is 0.859 bits per heavy atom. The summed E-state index contributed by atoms with van der Waals surface area (Å²) in [6.07, 6.45) is 0. The third kappa shape index (κ3) is 6.03. The van der Waals surface area contributed by atoms with Crippen LogP contribution in [0.15, 0.2) is 194 Å². The molecule has 4 nitrogen and oxygen atoms in total. The van der Waals surface area contributed by atoms with E-state index in [1.165, 1.54) is 44.5 Å². The molecule has 9 aromatic carbocycles. The number of anilines is 6. The Balaban J connectivity index is 1.01. The van der Waals surface area contributed by atoms with Crippen LogP contribution < -0.4 is 9.80 Å². The molecule has 0 saturated heterocycles. The van der Waals surface area contributed by atoms with Crippen LogP contribution in [0.5, 0.6) is 0 Å². The Labute approximate surface area is 375 Å². The van der Waals surface area contributed by atoms with Crippen LogP contribution in [-0.2, 0) is 10.8 Å². The lowest BCUT2D eigenvalue weighted by Crippen LogP contribution is -2.16. The predicted octanol–water partition coefficient (Wildman–Crippen LogP) is 16.5. The lowest BCUT2D eigenvalue weighted by atomic mass is 9.82. The van der Waals surface area contributed by atoms with Crippen molar-refractivity contribution in [2.45, 2.75) is 38.5 Å². The summed E-state index contributed by atoms with van der Waals surface area (Å²) in [6, 6.07) is 71.3. The number of benzene rings is 9. The molecule has 304 valence electrons. The molecule has 64 heavy (non-hydrogen) atoms. The third-order valence-electron chi connectivity index (χ3n) is 13.7. The van der Waals surface area contributed by atoms with Crippen LogP contribution in [0, 0.1) is 17.9 Å². The van der Waals surface area contributed by atoms with Crippen molar-refractivity contribution in [2.24, 2.45) is 0 Å². The normalized spacial score (nSPS) is 13.5. The second-order valence-electron chi connectivity index (χ2n) is 18.0. The average molecular weight is 821 g/mol. The summed E-state index contributed by atoms with van der Waals surface area (Å²) < 4.78 is 0. The standard InChI is InChI=1S/C60H44N4/c1-59(2)54-16-10-8-13-49(54)51-32-30-45(36-56(51)59)63(43-28-22-41(62-5)23-29-43)42-26-20-40(21-27-42)47-34-35-58(53-15-7-6-12-48(47)53)64(44-24-18-39(38-61)19-25-44)46-31-33-52-50-14-9-11-17-55(50)60(3,4)57(52)37-46/h6-37H,1-4H3. The van der Waals surface area contributed by atoms with Crippen molar-refractivity contribution in [3.8, 4) is 39.4 Å². The SMILES string of the molecule is [C-]#[N+]c1ccc(N(c2ccc(-c3ccc(N(c4ccc(C#N)cc4)c4ccc5c(c4)C(C)(C)c4ccccc4-5)c4ccccc34)cc2)c2ccc3c(c2)C(C)(C)c2ccccc2-3)cc1. The summed E-state index contributed by atoms with van der Waals surface area (Å²) in [5.41, 5.74) is 19.8. The Bertz CT molecular complexity index is 3400. The predicted molar refractivity (Wildman–Crippen MR) is 265 cm³/mol. The van der Waals surface area contributed by atoms with Gasteiger partial charge in [-0.2, -0.15) is 5.26 Å². The van der Waals surface area contributed by atoms with E-state index in [0.29, 0.717) is 11.3 Å². The summed E-state index contributed by atoms with van der Waals surface area (Å²) in [5, 5.41) is 12.0. The molecular weight excluding hydrogens is 777 g/mol. The number of rotatable bonds is 7. The number of nitrogens with zero attached hydrogens (tertiary/aromatic N) is 4. The third-order valence-corrected chi connectivity index (χ3v) is 13.7. The fourth-order valence-electron chi connectivity index (χ4n) is 10.4. The molecule has 0 amide bonds.